The monoisotopic (exact) mass is 233 g/mol. The lowest BCUT2D eigenvalue weighted by molar-refractivity contribution is 0.102. The van der Waals surface area contributed by atoms with Gasteiger partial charge in [-0.1, -0.05) is 11.6 Å². The quantitative estimate of drug-likeness (QED) is 0.811. The largest absolute Gasteiger partial charge is 0.321 e. The van der Waals surface area contributed by atoms with Crippen molar-refractivity contribution >= 4 is 23.2 Å². The molecule has 0 unspecified atom stereocenters. The minimum absolute atomic E-state index is 0.202. The molecule has 5 heteroatoms. The Morgan fingerprint density at radius 3 is 2.56 bits per heavy atom. The van der Waals surface area contributed by atoms with Crippen LogP contribution >= 0.6 is 11.6 Å². The van der Waals surface area contributed by atoms with E-state index >= 15 is 0 Å². The summed E-state index contributed by atoms with van der Waals surface area (Å²) in [5.41, 5.74) is 1.15. The smallest absolute Gasteiger partial charge is 0.255 e. The van der Waals surface area contributed by atoms with E-state index in [0.29, 0.717) is 16.4 Å². The highest BCUT2D eigenvalue weighted by Crippen LogP contribution is 2.10. The van der Waals surface area contributed by atoms with Crippen LogP contribution in [0.1, 0.15) is 10.4 Å². The molecule has 0 aliphatic carbocycles. The van der Waals surface area contributed by atoms with Gasteiger partial charge in [0.25, 0.3) is 5.91 Å². The van der Waals surface area contributed by atoms with Gasteiger partial charge in [0.1, 0.15) is 5.15 Å². The van der Waals surface area contributed by atoms with Gasteiger partial charge in [0, 0.05) is 18.0 Å². The van der Waals surface area contributed by atoms with Crippen molar-refractivity contribution in [1.82, 2.24) is 9.97 Å². The van der Waals surface area contributed by atoms with Gasteiger partial charge in [-0.15, -0.1) is 0 Å². The Balaban J connectivity index is 2.11. The molecule has 1 N–H and O–H groups in total. The normalized spacial score (nSPS) is 9.81. The number of anilines is 1. The second-order valence-corrected chi connectivity index (χ2v) is 3.45. The molecule has 0 fully saturated rings. The number of hydrogen-bond acceptors (Lipinski definition) is 3. The second kappa shape index (κ2) is 4.72. The van der Waals surface area contributed by atoms with Crippen molar-refractivity contribution in [2.45, 2.75) is 0 Å². The maximum Gasteiger partial charge on any atom is 0.255 e. The van der Waals surface area contributed by atoms with Gasteiger partial charge in [-0.25, -0.2) is 4.98 Å². The van der Waals surface area contributed by atoms with E-state index in [4.69, 9.17) is 11.6 Å². The number of aromatic nitrogens is 2. The van der Waals surface area contributed by atoms with Crippen LogP contribution in [0.15, 0.2) is 42.9 Å². The highest BCUT2D eigenvalue weighted by molar-refractivity contribution is 6.29. The first kappa shape index (κ1) is 10.6. The summed E-state index contributed by atoms with van der Waals surface area (Å²) in [5.74, 6) is -0.202. The molecule has 2 rings (SSSR count). The van der Waals surface area contributed by atoms with Crippen LogP contribution in [-0.4, -0.2) is 15.9 Å². The number of carbonyl (C=O) groups excluding carboxylic acids is 1. The predicted octanol–water partition coefficient (Wildman–Crippen LogP) is 2.38. The fourth-order valence-electron chi connectivity index (χ4n) is 1.16. The van der Waals surface area contributed by atoms with Crippen molar-refractivity contribution < 1.29 is 4.79 Å². The van der Waals surface area contributed by atoms with Gasteiger partial charge < -0.3 is 5.32 Å². The molecule has 0 radical (unpaired) electrons. The Morgan fingerprint density at radius 2 is 1.94 bits per heavy atom. The Hall–Kier alpha value is -1.94. The summed E-state index contributed by atoms with van der Waals surface area (Å²) >= 11 is 5.63. The number of amides is 1. The first-order valence-electron chi connectivity index (χ1n) is 4.58. The van der Waals surface area contributed by atoms with Gasteiger partial charge in [0.2, 0.25) is 0 Å². The lowest BCUT2D eigenvalue weighted by atomic mass is 10.2. The zero-order valence-corrected chi connectivity index (χ0v) is 8.98. The van der Waals surface area contributed by atoms with Crippen molar-refractivity contribution in [3.05, 3.63) is 53.6 Å². The minimum atomic E-state index is -0.202. The third kappa shape index (κ3) is 2.55. The molecule has 2 aromatic rings. The summed E-state index contributed by atoms with van der Waals surface area (Å²) in [6.45, 7) is 0. The van der Waals surface area contributed by atoms with Crippen LogP contribution in [0.2, 0.25) is 5.15 Å². The SMILES string of the molecule is O=C(Nc1ccc(Cl)nc1)c1ccncc1. The molecule has 0 aliphatic rings. The van der Waals surface area contributed by atoms with E-state index in [2.05, 4.69) is 15.3 Å². The molecule has 4 nitrogen and oxygen atoms in total. The van der Waals surface area contributed by atoms with Crippen molar-refractivity contribution in [3.63, 3.8) is 0 Å². The number of carbonyl (C=O) groups is 1. The van der Waals surface area contributed by atoms with Crippen molar-refractivity contribution in [1.29, 1.82) is 0 Å². The summed E-state index contributed by atoms with van der Waals surface area (Å²) < 4.78 is 0. The third-order valence-electron chi connectivity index (χ3n) is 1.93. The number of hydrogen-bond donors (Lipinski definition) is 1. The van der Waals surface area contributed by atoms with Crippen LogP contribution in [0.5, 0.6) is 0 Å². The molecule has 0 saturated carbocycles. The summed E-state index contributed by atoms with van der Waals surface area (Å²) in [6, 6.07) is 6.58. The van der Waals surface area contributed by atoms with Crippen molar-refractivity contribution in [2.75, 3.05) is 5.32 Å². The van der Waals surface area contributed by atoms with Gasteiger partial charge >= 0.3 is 0 Å². The zero-order valence-electron chi connectivity index (χ0n) is 8.22. The molecule has 0 aliphatic heterocycles. The highest BCUT2D eigenvalue weighted by atomic mass is 35.5. The molecule has 0 spiro atoms. The summed E-state index contributed by atoms with van der Waals surface area (Å²) in [7, 11) is 0. The zero-order chi connectivity index (χ0) is 11.4. The maximum atomic E-state index is 11.7. The molecule has 1 amide bonds. The molecule has 2 aromatic heterocycles. The van der Waals surface area contributed by atoms with Crippen molar-refractivity contribution in [3.8, 4) is 0 Å². The standard InChI is InChI=1S/C11H8ClN3O/c12-10-2-1-9(7-14-10)15-11(16)8-3-5-13-6-4-8/h1-7H,(H,15,16). The van der Waals surface area contributed by atoms with E-state index in [0.717, 1.165) is 0 Å². The average molecular weight is 234 g/mol. The maximum absolute atomic E-state index is 11.7. The molecule has 0 aromatic carbocycles. The Bertz CT molecular complexity index is 484. The van der Waals surface area contributed by atoms with E-state index in [1.54, 1.807) is 36.7 Å². The molecule has 0 saturated heterocycles. The summed E-state index contributed by atoms with van der Waals surface area (Å²) in [5, 5.41) is 3.09. The van der Waals surface area contributed by atoms with Crippen LogP contribution < -0.4 is 5.32 Å². The molecule has 16 heavy (non-hydrogen) atoms. The number of halogens is 1. The molecular formula is C11H8ClN3O. The molecule has 80 valence electrons. The van der Waals surface area contributed by atoms with Crippen LogP contribution in [-0.2, 0) is 0 Å². The van der Waals surface area contributed by atoms with Gasteiger partial charge in [0.05, 0.1) is 11.9 Å². The number of rotatable bonds is 2. The molecule has 2 heterocycles. The van der Waals surface area contributed by atoms with E-state index in [1.807, 2.05) is 0 Å². The second-order valence-electron chi connectivity index (χ2n) is 3.06. The lowest BCUT2D eigenvalue weighted by Crippen LogP contribution is -2.11. The first-order chi connectivity index (χ1) is 7.75. The predicted molar refractivity (Wildman–Crippen MR) is 61.4 cm³/mol. The fraction of sp³-hybridized carbons (Fsp3) is 0. The van der Waals surface area contributed by atoms with E-state index in [1.165, 1.54) is 6.20 Å². The topological polar surface area (TPSA) is 54.9 Å². The van der Waals surface area contributed by atoms with Gasteiger partial charge in [0.15, 0.2) is 0 Å². The van der Waals surface area contributed by atoms with E-state index in [9.17, 15) is 4.79 Å². The van der Waals surface area contributed by atoms with Gasteiger partial charge in [-0.05, 0) is 24.3 Å². The summed E-state index contributed by atoms with van der Waals surface area (Å²) in [6.07, 6.45) is 4.63. The van der Waals surface area contributed by atoms with Crippen LogP contribution in [0, 0.1) is 0 Å². The minimum Gasteiger partial charge on any atom is -0.321 e. The van der Waals surface area contributed by atoms with Gasteiger partial charge in [-0.3, -0.25) is 9.78 Å². The van der Waals surface area contributed by atoms with Crippen LogP contribution in [0.4, 0.5) is 5.69 Å². The first-order valence-corrected chi connectivity index (χ1v) is 4.96. The summed E-state index contributed by atoms with van der Waals surface area (Å²) in [4.78, 5) is 19.4. The van der Waals surface area contributed by atoms with Crippen LogP contribution in [0.25, 0.3) is 0 Å². The fourth-order valence-corrected chi connectivity index (χ4v) is 1.27. The number of pyridine rings is 2. The third-order valence-corrected chi connectivity index (χ3v) is 2.15. The number of nitrogens with one attached hydrogen (secondary N) is 1. The highest BCUT2D eigenvalue weighted by Gasteiger charge is 2.04. The number of nitrogens with zero attached hydrogens (tertiary/aromatic N) is 2. The average Bonchev–Trinajstić information content (AvgIpc) is 2.33. The van der Waals surface area contributed by atoms with Crippen molar-refractivity contribution in [2.24, 2.45) is 0 Å². The Labute approximate surface area is 97.3 Å². The van der Waals surface area contributed by atoms with E-state index < -0.39 is 0 Å². The molecular weight excluding hydrogens is 226 g/mol. The molecule has 0 atom stereocenters. The Kier molecular flexibility index (Phi) is 3.12. The van der Waals surface area contributed by atoms with Crippen LogP contribution in [0.3, 0.4) is 0 Å². The Morgan fingerprint density at radius 1 is 1.19 bits per heavy atom. The van der Waals surface area contributed by atoms with E-state index in [-0.39, 0.29) is 5.91 Å². The molecule has 0 bridgehead atoms. The lowest BCUT2D eigenvalue weighted by Gasteiger charge is -2.03. The van der Waals surface area contributed by atoms with Gasteiger partial charge in [-0.2, -0.15) is 0 Å².